The lowest BCUT2D eigenvalue weighted by Gasteiger charge is -2.46. The van der Waals surface area contributed by atoms with Crippen LogP contribution in [0, 0.1) is 17.3 Å². The molecule has 1 heterocycles. The second-order valence-corrected chi connectivity index (χ2v) is 13.2. The number of nitrogens with one attached hydrogen (secondary N) is 2. The number of aliphatic carboxylic acids is 1. The average Bonchev–Trinajstić information content (AvgIpc) is 2.83. The zero-order chi connectivity index (χ0) is 27.5. The highest BCUT2D eigenvalue weighted by molar-refractivity contribution is 7.89. The predicted octanol–water partition coefficient (Wildman–Crippen LogP) is 5.40. The van der Waals surface area contributed by atoms with E-state index < -0.39 is 27.4 Å². The first-order chi connectivity index (χ1) is 17.3. The molecule has 0 saturated carbocycles. The molecule has 1 aliphatic rings. The largest absolute Gasteiger partial charge is 0.481 e. The van der Waals surface area contributed by atoms with Gasteiger partial charge in [0.15, 0.2) is 0 Å². The molecule has 1 fully saturated rings. The van der Waals surface area contributed by atoms with Gasteiger partial charge >= 0.3 is 5.97 Å². The number of carboxylic acids is 1. The fourth-order valence-corrected chi connectivity index (χ4v) is 6.46. The normalized spacial score (nSPS) is 24.6. The quantitative estimate of drug-likeness (QED) is 0.355. The summed E-state index contributed by atoms with van der Waals surface area (Å²) in [6, 6.07) is 13.4. The highest BCUT2D eigenvalue weighted by Crippen LogP contribution is 2.45. The van der Waals surface area contributed by atoms with Gasteiger partial charge < -0.3 is 10.4 Å². The summed E-state index contributed by atoms with van der Waals surface area (Å²) in [7, 11) is -3.55. The Morgan fingerprint density at radius 3 is 2.38 bits per heavy atom. The highest BCUT2D eigenvalue weighted by Gasteiger charge is 2.48. The molecule has 2 aromatic rings. The van der Waals surface area contributed by atoms with Crippen molar-refractivity contribution in [2.24, 2.45) is 17.3 Å². The lowest BCUT2D eigenvalue weighted by atomic mass is 9.65. The molecule has 202 valence electrons. The fraction of sp³-hybridized carbons (Fsp3) is 0.481. The maximum absolute atomic E-state index is 13.3. The SMILES string of the molecule is CCS(=O)(=O)NC(c1ccc(Cl)cc1)C(C)C(C)C1NC(=O)C(C)(CC(=O)O)CC1c1cccc(Cl)c1. The fourth-order valence-electron chi connectivity index (χ4n) is 5.23. The Bertz CT molecular complexity index is 1240. The third-order valence-corrected chi connectivity index (χ3v) is 9.47. The minimum atomic E-state index is -3.55. The molecule has 1 saturated heterocycles. The molecule has 0 bridgehead atoms. The first kappa shape index (κ1) is 29.4. The summed E-state index contributed by atoms with van der Waals surface area (Å²) in [6.45, 7) is 7.18. The minimum absolute atomic E-state index is 0.0724. The van der Waals surface area contributed by atoms with Crippen LogP contribution >= 0.6 is 23.2 Å². The van der Waals surface area contributed by atoms with Crippen LogP contribution in [0.4, 0.5) is 0 Å². The van der Waals surface area contributed by atoms with Gasteiger partial charge in [0.05, 0.1) is 17.6 Å². The van der Waals surface area contributed by atoms with Gasteiger partial charge in [-0.3, -0.25) is 9.59 Å². The van der Waals surface area contributed by atoms with Gasteiger partial charge in [-0.15, -0.1) is 0 Å². The molecule has 37 heavy (non-hydrogen) atoms. The van der Waals surface area contributed by atoms with Gasteiger partial charge in [0.25, 0.3) is 0 Å². The van der Waals surface area contributed by atoms with Gasteiger partial charge in [0.1, 0.15) is 0 Å². The van der Waals surface area contributed by atoms with Crippen LogP contribution < -0.4 is 10.0 Å². The number of hydrogen-bond donors (Lipinski definition) is 3. The average molecular weight is 570 g/mol. The van der Waals surface area contributed by atoms with E-state index >= 15 is 0 Å². The van der Waals surface area contributed by atoms with Gasteiger partial charge in [-0.2, -0.15) is 0 Å². The maximum atomic E-state index is 13.3. The monoisotopic (exact) mass is 568 g/mol. The summed E-state index contributed by atoms with van der Waals surface area (Å²) in [6.07, 6.45) is 0.0236. The molecule has 0 aromatic heterocycles. The Hall–Kier alpha value is -2.13. The second-order valence-electron chi connectivity index (χ2n) is 10.3. The number of carboxylic acid groups (broad SMARTS) is 1. The maximum Gasteiger partial charge on any atom is 0.304 e. The summed E-state index contributed by atoms with van der Waals surface area (Å²) in [5.74, 6) is -2.13. The molecule has 2 aromatic carbocycles. The number of sulfonamides is 1. The lowest BCUT2D eigenvalue weighted by molar-refractivity contribution is -0.148. The van der Waals surface area contributed by atoms with Crippen molar-refractivity contribution in [2.75, 3.05) is 5.75 Å². The van der Waals surface area contributed by atoms with Gasteiger partial charge in [0, 0.05) is 28.0 Å². The number of carbonyl (C=O) groups is 2. The van der Waals surface area contributed by atoms with Crippen molar-refractivity contribution in [1.29, 1.82) is 0 Å². The minimum Gasteiger partial charge on any atom is -0.481 e. The van der Waals surface area contributed by atoms with E-state index in [2.05, 4.69) is 10.0 Å². The van der Waals surface area contributed by atoms with Crippen LogP contribution in [0.15, 0.2) is 48.5 Å². The molecular formula is C27H34Cl2N2O5S. The Balaban J connectivity index is 2.03. The number of halogens is 2. The Labute approximate surface area is 229 Å². The third-order valence-electron chi connectivity index (χ3n) is 7.61. The Morgan fingerprint density at radius 1 is 1.16 bits per heavy atom. The molecule has 10 heteroatoms. The van der Waals surface area contributed by atoms with Gasteiger partial charge in [-0.05, 0) is 60.6 Å². The topological polar surface area (TPSA) is 113 Å². The van der Waals surface area contributed by atoms with Crippen molar-refractivity contribution in [3.8, 4) is 0 Å². The van der Waals surface area contributed by atoms with Crippen molar-refractivity contribution in [3.63, 3.8) is 0 Å². The van der Waals surface area contributed by atoms with Crippen molar-refractivity contribution in [2.45, 2.75) is 58.5 Å². The number of amides is 1. The highest BCUT2D eigenvalue weighted by atomic mass is 35.5. The second kappa shape index (κ2) is 11.7. The molecule has 1 aliphatic heterocycles. The molecule has 6 unspecified atom stereocenters. The zero-order valence-corrected chi connectivity index (χ0v) is 23.7. The first-order valence-corrected chi connectivity index (χ1v) is 14.7. The molecule has 0 spiro atoms. The van der Waals surface area contributed by atoms with E-state index in [9.17, 15) is 23.1 Å². The molecule has 3 N–H and O–H groups in total. The molecule has 6 atom stereocenters. The number of benzene rings is 2. The summed E-state index contributed by atoms with van der Waals surface area (Å²) in [4.78, 5) is 24.9. The van der Waals surface area contributed by atoms with Gasteiger partial charge in [-0.1, -0.05) is 68.2 Å². The molecular weight excluding hydrogens is 535 g/mol. The lowest BCUT2D eigenvalue weighted by Crippen LogP contribution is -2.57. The first-order valence-electron chi connectivity index (χ1n) is 12.3. The molecule has 0 radical (unpaired) electrons. The zero-order valence-electron chi connectivity index (χ0n) is 21.4. The Kier molecular flexibility index (Phi) is 9.32. The molecule has 3 rings (SSSR count). The van der Waals surface area contributed by atoms with Gasteiger partial charge in [0.2, 0.25) is 15.9 Å². The summed E-state index contributed by atoms with van der Waals surface area (Å²) in [5.41, 5.74) is 0.556. The molecule has 0 aliphatic carbocycles. The van der Waals surface area contributed by atoms with Crippen molar-refractivity contribution < 1.29 is 23.1 Å². The van der Waals surface area contributed by atoms with Crippen LogP contribution in [-0.4, -0.2) is 37.2 Å². The molecule has 1 amide bonds. The van der Waals surface area contributed by atoms with E-state index in [1.165, 1.54) is 0 Å². The van der Waals surface area contributed by atoms with Crippen molar-refractivity contribution in [3.05, 3.63) is 69.7 Å². The van der Waals surface area contributed by atoms with Crippen LogP contribution in [0.3, 0.4) is 0 Å². The number of carbonyl (C=O) groups excluding carboxylic acids is 1. The van der Waals surface area contributed by atoms with Crippen molar-refractivity contribution >= 4 is 45.1 Å². The van der Waals surface area contributed by atoms with Crippen LogP contribution in [0.1, 0.15) is 63.6 Å². The van der Waals surface area contributed by atoms with Gasteiger partial charge in [-0.25, -0.2) is 13.1 Å². The van der Waals surface area contributed by atoms with Crippen LogP contribution in [0.25, 0.3) is 0 Å². The third kappa shape index (κ3) is 7.05. The van der Waals surface area contributed by atoms with Crippen molar-refractivity contribution in [1.82, 2.24) is 10.0 Å². The number of hydrogen-bond acceptors (Lipinski definition) is 4. The van der Waals surface area contributed by atoms with Crippen LogP contribution in [0.5, 0.6) is 0 Å². The summed E-state index contributed by atoms with van der Waals surface area (Å²) >= 11 is 12.4. The summed E-state index contributed by atoms with van der Waals surface area (Å²) < 4.78 is 28.1. The van der Waals surface area contributed by atoms with E-state index in [4.69, 9.17) is 23.2 Å². The standard InChI is InChI=1S/C27H34Cl2N2O5S/c1-5-37(35,36)31-24(18-9-11-20(28)12-10-18)16(2)17(3)25-22(19-7-6-8-21(29)13-19)14-27(4,15-23(32)33)26(34)30-25/h6-13,16-17,22,24-25,31H,5,14-15H2,1-4H3,(H,30,34)(H,32,33). The van der Waals surface area contributed by atoms with Crippen LogP contribution in [0.2, 0.25) is 10.0 Å². The number of piperidine rings is 1. The van der Waals surface area contributed by atoms with E-state index in [-0.39, 0.29) is 41.9 Å². The molecule has 7 nitrogen and oxygen atoms in total. The number of rotatable bonds is 10. The summed E-state index contributed by atoms with van der Waals surface area (Å²) in [5, 5.41) is 13.7. The van der Waals surface area contributed by atoms with E-state index in [1.54, 1.807) is 44.2 Å². The Morgan fingerprint density at radius 2 is 1.81 bits per heavy atom. The smallest absolute Gasteiger partial charge is 0.304 e. The van der Waals surface area contributed by atoms with Crippen LogP contribution in [-0.2, 0) is 19.6 Å². The van der Waals surface area contributed by atoms with E-state index in [0.29, 0.717) is 16.5 Å². The van der Waals surface area contributed by atoms with E-state index in [1.807, 2.05) is 32.0 Å². The predicted molar refractivity (Wildman–Crippen MR) is 146 cm³/mol. The van der Waals surface area contributed by atoms with E-state index in [0.717, 1.165) is 11.1 Å².